The van der Waals surface area contributed by atoms with E-state index >= 15 is 0 Å². The Bertz CT molecular complexity index is 149. The molecule has 0 spiro atoms. The van der Waals surface area contributed by atoms with Gasteiger partial charge in [-0.2, -0.15) is 0 Å². The third kappa shape index (κ3) is 11.2. The summed E-state index contributed by atoms with van der Waals surface area (Å²) in [4.78, 5) is 11.1. The van der Waals surface area contributed by atoms with Crippen molar-refractivity contribution in [2.75, 3.05) is 13.2 Å². The van der Waals surface area contributed by atoms with Gasteiger partial charge < -0.3 is 10.1 Å². The molecular formula is C12H25NO2. The molecule has 0 aromatic rings. The summed E-state index contributed by atoms with van der Waals surface area (Å²) >= 11 is 0. The second kappa shape index (κ2) is 11.3. The summed E-state index contributed by atoms with van der Waals surface area (Å²) in [6.45, 7) is 5.61. The molecular weight excluding hydrogens is 190 g/mol. The Morgan fingerprint density at radius 1 is 1.00 bits per heavy atom. The zero-order chi connectivity index (χ0) is 11.4. The fourth-order valence-corrected chi connectivity index (χ4v) is 1.31. The Morgan fingerprint density at radius 3 is 2.33 bits per heavy atom. The van der Waals surface area contributed by atoms with E-state index in [-0.39, 0.29) is 6.09 Å². The predicted octanol–water partition coefficient (Wildman–Crippen LogP) is 3.48. The van der Waals surface area contributed by atoms with E-state index < -0.39 is 0 Å². The smallest absolute Gasteiger partial charge is 0.407 e. The topological polar surface area (TPSA) is 38.3 Å². The lowest BCUT2D eigenvalue weighted by atomic mass is 10.2. The number of rotatable bonds is 9. The van der Waals surface area contributed by atoms with E-state index in [4.69, 9.17) is 4.74 Å². The van der Waals surface area contributed by atoms with Gasteiger partial charge in [-0.1, -0.05) is 46.0 Å². The van der Waals surface area contributed by atoms with Crippen LogP contribution in [0.2, 0.25) is 0 Å². The molecule has 90 valence electrons. The quantitative estimate of drug-likeness (QED) is 0.598. The molecule has 0 atom stereocenters. The highest BCUT2D eigenvalue weighted by Gasteiger charge is 1.99. The SMILES string of the molecule is CCCCCCOC(=O)NCCCCC. The summed E-state index contributed by atoms with van der Waals surface area (Å²) in [7, 11) is 0. The normalized spacial score (nSPS) is 10.0. The molecule has 1 amide bonds. The minimum atomic E-state index is -0.261. The molecule has 0 bridgehead atoms. The van der Waals surface area contributed by atoms with Gasteiger partial charge in [0.2, 0.25) is 0 Å². The molecule has 0 aliphatic rings. The Kier molecular flexibility index (Phi) is 10.8. The lowest BCUT2D eigenvalue weighted by molar-refractivity contribution is 0.143. The van der Waals surface area contributed by atoms with E-state index in [9.17, 15) is 4.79 Å². The number of unbranched alkanes of at least 4 members (excludes halogenated alkanes) is 5. The molecule has 3 heteroatoms. The van der Waals surface area contributed by atoms with E-state index in [0.29, 0.717) is 6.61 Å². The van der Waals surface area contributed by atoms with Crippen LogP contribution in [0.5, 0.6) is 0 Å². The number of carbonyl (C=O) groups excluding carboxylic acids is 1. The van der Waals surface area contributed by atoms with Gasteiger partial charge in [-0.3, -0.25) is 0 Å². The van der Waals surface area contributed by atoms with Crippen molar-refractivity contribution in [1.29, 1.82) is 0 Å². The van der Waals surface area contributed by atoms with Gasteiger partial charge in [-0.05, 0) is 12.8 Å². The first-order valence-corrected chi connectivity index (χ1v) is 6.21. The molecule has 0 rings (SSSR count). The Labute approximate surface area is 93.6 Å². The molecule has 0 unspecified atom stereocenters. The number of nitrogens with one attached hydrogen (secondary N) is 1. The summed E-state index contributed by atoms with van der Waals surface area (Å²) in [6, 6.07) is 0. The van der Waals surface area contributed by atoms with Crippen LogP contribution in [0.15, 0.2) is 0 Å². The van der Waals surface area contributed by atoms with Gasteiger partial charge in [-0.25, -0.2) is 4.79 Å². The summed E-state index contributed by atoms with van der Waals surface area (Å²) in [5.74, 6) is 0. The van der Waals surface area contributed by atoms with Crippen molar-refractivity contribution in [3.05, 3.63) is 0 Å². The second-order valence-corrected chi connectivity index (χ2v) is 3.83. The molecule has 15 heavy (non-hydrogen) atoms. The predicted molar refractivity (Wildman–Crippen MR) is 63.0 cm³/mol. The van der Waals surface area contributed by atoms with E-state index in [2.05, 4.69) is 19.2 Å². The lowest BCUT2D eigenvalue weighted by Crippen LogP contribution is -2.25. The van der Waals surface area contributed by atoms with Gasteiger partial charge in [0.25, 0.3) is 0 Å². The van der Waals surface area contributed by atoms with E-state index in [1.165, 1.54) is 19.3 Å². The third-order valence-corrected chi connectivity index (χ3v) is 2.28. The highest BCUT2D eigenvalue weighted by molar-refractivity contribution is 5.66. The number of alkyl carbamates (subject to hydrolysis) is 1. The minimum Gasteiger partial charge on any atom is -0.450 e. The first-order chi connectivity index (χ1) is 7.31. The van der Waals surface area contributed by atoms with Gasteiger partial charge in [0.1, 0.15) is 0 Å². The van der Waals surface area contributed by atoms with E-state index in [0.717, 1.165) is 32.2 Å². The maximum Gasteiger partial charge on any atom is 0.407 e. The first kappa shape index (κ1) is 14.3. The second-order valence-electron chi connectivity index (χ2n) is 3.83. The molecule has 0 radical (unpaired) electrons. The number of carbonyl (C=O) groups is 1. The molecule has 0 aromatic heterocycles. The lowest BCUT2D eigenvalue weighted by Gasteiger charge is -2.06. The summed E-state index contributed by atoms with van der Waals surface area (Å²) in [5, 5.41) is 2.75. The van der Waals surface area contributed by atoms with Crippen LogP contribution in [0.4, 0.5) is 4.79 Å². The van der Waals surface area contributed by atoms with Gasteiger partial charge in [0.15, 0.2) is 0 Å². The number of hydrogen-bond acceptors (Lipinski definition) is 2. The molecule has 0 heterocycles. The van der Waals surface area contributed by atoms with Crippen LogP contribution in [0, 0.1) is 0 Å². The van der Waals surface area contributed by atoms with Crippen molar-refractivity contribution in [3.63, 3.8) is 0 Å². The maximum atomic E-state index is 11.1. The van der Waals surface area contributed by atoms with Crippen LogP contribution in [0.3, 0.4) is 0 Å². The van der Waals surface area contributed by atoms with Gasteiger partial charge in [-0.15, -0.1) is 0 Å². The van der Waals surface area contributed by atoms with Crippen LogP contribution >= 0.6 is 0 Å². The molecule has 0 aromatic carbocycles. The molecule has 0 saturated carbocycles. The van der Waals surface area contributed by atoms with Crippen LogP contribution < -0.4 is 5.32 Å². The fourth-order valence-electron chi connectivity index (χ4n) is 1.31. The maximum absolute atomic E-state index is 11.1. The summed E-state index contributed by atoms with van der Waals surface area (Å²) < 4.78 is 5.02. The van der Waals surface area contributed by atoms with Crippen molar-refractivity contribution in [3.8, 4) is 0 Å². The van der Waals surface area contributed by atoms with Crippen molar-refractivity contribution >= 4 is 6.09 Å². The summed E-state index contributed by atoms with van der Waals surface area (Å²) in [5.41, 5.74) is 0. The molecule has 0 aliphatic carbocycles. The van der Waals surface area contributed by atoms with Crippen LogP contribution in [-0.2, 0) is 4.74 Å². The van der Waals surface area contributed by atoms with Crippen molar-refractivity contribution < 1.29 is 9.53 Å². The minimum absolute atomic E-state index is 0.261. The molecule has 0 fully saturated rings. The Morgan fingerprint density at radius 2 is 1.67 bits per heavy atom. The zero-order valence-corrected chi connectivity index (χ0v) is 10.2. The van der Waals surface area contributed by atoms with Crippen molar-refractivity contribution in [2.45, 2.75) is 58.8 Å². The molecule has 0 saturated heterocycles. The molecule has 1 N–H and O–H groups in total. The Hall–Kier alpha value is -0.730. The Balaban J connectivity index is 3.11. The van der Waals surface area contributed by atoms with Gasteiger partial charge in [0, 0.05) is 6.54 Å². The van der Waals surface area contributed by atoms with E-state index in [1.807, 2.05) is 0 Å². The van der Waals surface area contributed by atoms with Gasteiger partial charge >= 0.3 is 6.09 Å². The van der Waals surface area contributed by atoms with Crippen LogP contribution in [-0.4, -0.2) is 19.2 Å². The van der Waals surface area contributed by atoms with Crippen LogP contribution in [0.1, 0.15) is 58.8 Å². The molecule has 0 aliphatic heterocycles. The number of ether oxygens (including phenoxy) is 1. The average Bonchev–Trinajstić information content (AvgIpc) is 2.24. The monoisotopic (exact) mass is 215 g/mol. The van der Waals surface area contributed by atoms with Crippen LogP contribution in [0.25, 0.3) is 0 Å². The van der Waals surface area contributed by atoms with Gasteiger partial charge in [0.05, 0.1) is 6.61 Å². The van der Waals surface area contributed by atoms with Crippen molar-refractivity contribution in [1.82, 2.24) is 5.32 Å². The third-order valence-electron chi connectivity index (χ3n) is 2.28. The van der Waals surface area contributed by atoms with Crippen molar-refractivity contribution in [2.24, 2.45) is 0 Å². The fraction of sp³-hybridized carbons (Fsp3) is 0.917. The number of hydrogen-bond donors (Lipinski definition) is 1. The largest absolute Gasteiger partial charge is 0.450 e. The standard InChI is InChI=1S/C12H25NO2/c1-3-5-7-9-11-15-12(14)13-10-8-6-4-2/h3-11H2,1-2H3,(H,13,14). The van der Waals surface area contributed by atoms with E-state index in [1.54, 1.807) is 0 Å². The highest BCUT2D eigenvalue weighted by Crippen LogP contribution is 1.99. The zero-order valence-electron chi connectivity index (χ0n) is 10.2. The summed E-state index contributed by atoms with van der Waals surface area (Å²) in [6.07, 6.45) is 7.69. The molecule has 3 nitrogen and oxygen atoms in total. The highest BCUT2D eigenvalue weighted by atomic mass is 16.5. The first-order valence-electron chi connectivity index (χ1n) is 6.21. The number of amides is 1. The average molecular weight is 215 g/mol.